The van der Waals surface area contributed by atoms with Crippen molar-refractivity contribution < 1.29 is 0 Å². The molecule has 0 aromatic carbocycles. The van der Waals surface area contributed by atoms with Gasteiger partial charge in [-0.3, -0.25) is 0 Å². The molecule has 1 rings (SSSR count). The summed E-state index contributed by atoms with van der Waals surface area (Å²) < 4.78 is 0. The van der Waals surface area contributed by atoms with Gasteiger partial charge in [0.05, 0.1) is 0 Å². The highest BCUT2D eigenvalue weighted by Crippen LogP contribution is 2.29. The number of nitrogens with zero attached hydrogens (tertiary/aromatic N) is 1. The van der Waals surface area contributed by atoms with Crippen LogP contribution in [-0.2, 0) is 0 Å². The van der Waals surface area contributed by atoms with E-state index in [0.29, 0.717) is 5.41 Å². The number of rotatable bonds is 3. The van der Waals surface area contributed by atoms with E-state index in [4.69, 9.17) is 0 Å². The Balaban J connectivity index is 2.35. The summed E-state index contributed by atoms with van der Waals surface area (Å²) in [4.78, 5) is 2.64. The van der Waals surface area contributed by atoms with Crippen molar-refractivity contribution in [2.75, 3.05) is 25.0 Å². The lowest BCUT2D eigenvalue weighted by Crippen LogP contribution is -2.30. The minimum atomic E-state index is 0.576. The normalized spacial score (nSPS) is 25.7. The van der Waals surface area contributed by atoms with Crippen LogP contribution in [0.2, 0.25) is 0 Å². The van der Waals surface area contributed by atoms with Gasteiger partial charge in [0, 0.05) is 11.9 Å². The standard InChI is InChI=1S/C12H24BrN/c1-11(9-13)10-14-7-4-5-12(2,3)6-8-14/h11H,4-10H2,1-3H3. The highest BCUT2D eigenvalue weighted by atomic mass is 79.9. The molecule has 0 aromatic heterocycles. The zero-order valence-corrected chi connectivity index (χ0v) is 11.4. The molecule has 0 aromatic rings. The molecule has 0 aliphatic carbocycles. The molecule has 0 saturated carbocycles. The summed E-state index contributed by atoms with van der Waals surface area (Å²) in [5.74, 6) is 0.788. The molecule has 14 heavy (non-hydrogen) atoms. The summed E-state index contributed by atoms with van der Waals surface area (Å²) in [6.07, 6.45) is 4.14. The fourth-order valence-corrected chi connectivity index (χ4v) is 2.36. The minimum absolute atomic E-state index is 0.576. The zero-order chi connectivity index (χ0) is 10.6. The number of halogens is 1. The van der Waals surface area contributed by atoms with Crippen LogP contribution in [-0.4, -0.2) is 29.9 Å². The smallest absolute Gasteiger partial charge is 0.00692 e. The van der Waals surface area contributed by atoms with Crippen molar-refractivity contribution in [1.82, 2.24) is 4.90 Å². The quantitative estimate of drug-likeness (QED) is 0.703. The molecule has 1 nitrogen and oxygen atoms in total. The molecule has 1 unspecified atom stereocenters. The van der Waals surface area contributed by atoms with Gasteiger partial charge in [-0.1, -0.05) is 36.7 Å². The average Bonchev–Trinajstić information content (AvgIpc) is 2.28. The molecule has 0 bridgehead atoms. The Morgan fingerprint density at radius 2 is 2.00 bits per heavy atom. The third kappa shape index (κ3) is 4.31. The Kier molecular flexibility index (Phi) is 4.92. The molecular weight excluding hydrogens is 238 g/mol. The average molecular weight is 262 g/mol. The van der Waals surface area contributed by atoms with Gasteiger partial charge in [-0.05, 0) is 43.7 Å². The molecule has 1 heterocycles. The van der Waals surface area contributed by atoms with Gasteiger partial charge < -0.3 is 4.90 Å². The molecule has 1 aliphatic rings. The van der Waals surface area contributed by atoms with Crippen molar-refractivity contribution >= 4 is 15.9 Å². The highest BCUT2D eigenvalue weighted by molar-refractivity contribution is 9.09. The topological polar surface area (TPSA) is 3.24 Å². The van der Waals surface area contributed by atoms with Gasteiger partial charge in [0.1, 0.15) is 0 Å². The second kappa shape index (κ2) is 5.50. The number of alkyl halides is 1. The molecule has 0 radical (unpaired) electrons. The Bertz CT molecular complexity index is 168. The summed E-state index contributed by atoms with van der Waals surface area (Å²) in [5.41, 5.74) is 0.576. The maximum absolute atomic E-state index is 3.56. The molecule has 1 aliphatic heterocycles. The fourth-order valence-electron chi connectivity index (χ4n) is 2.15. The Morgan fingerprint density at radius 1 is 1.29 bits per heavy atom. The van der Waals surface area contributed by atoms with E-state index in [-0.39, 0.29) is 0 Å². The summed E-state index contributed by atoms with van der Waals surface area (Å²) in [7, 11) is 0. The molecule has 84 valence electrons. The molecule has 0 spiro atoms. The third-order valence-electron chi connectivity index (χ3n) is 3.27. The first-order valence-corrected chi connectivity index (χ1v) is 6.94. The summed E-state index contributed by atoms with van der Waals surface area (Å²) >= 11 is 3.56. The first-order valence-electron chi connectivity index (χ1n) is 5.82. The molecule has 1 fully saturated rings. The van der Waals surface area contributed by atoms with Gasteiger partial charge >= 0.3 is 0 Å². The van der Waals surface area contributed by atoms with Crippen molar-refractivity contribution in [2.24, 2.45) is 11.3 Å². The van der Waals surface area contributed by atoms with Crippen molar-refractivity contribution in [2.45, 2.75) is 40.0 Å². The summed E-state index contributed by atoms with van der Waals surface area (Å²) in [6, 6.07) is 0. The maximum atomic E-state index is 3.56. The molecule has 1 atom stereocenters. The van der Waals surface area contributed by atoms with Gasteiger partial charge in [-0.15, -0.1) is 0 Å². The first kappa shape index (κ1) is 12.5. The van der Waals surface area contributed by atoms with E-state index in [2.05, 4.69) is 41.6 Å². The summed E-state index contributed by atoms with van der Waals surface area (Å²) in [5, 5.41) is 1.13. The van der Waals surface area contributed by atoms with Gasteiger partial charge in [0.25, 0.3) is 0 Å². The third-order valence-corrected chi connectivity index (χ3v) is 4.37. The molecular formula is C12H24BrN. The number of likely N-dealkylation sites (tertiary alicyclic amines) is 1. The number of hydrogen-bond acceptors (Lipinski definition) is 1. The van der Waals surface area contributed by atoms with Crippen LogP contribution >= 0.6 is 15.9 Å². The van der Waals surface area contributed by atoms with E-state index in [9.17, 15) is 0 Å². The van der Waals surface area contributed by atoms with Crippen molar-refractivity contribution in [1.29, 1.82) is 0 Å². The van der Waals surface area contributed by atoms with E-state index in [1.165, 1.54) is 38.9 Å². The second-order valence-electron chi connectivity index (χ2n) is 5.58. The Labute approximate surface area is 97.4 Å². The predicted molar refractivity (Wildman–Crippen MR) is 67.0 cm³/mol. The van der Waals surface area contributed by atoms with Crippen LogP contribution in [0.5, 0.6) is 0 Å². The predicted octanol–water partition coefficient (Wildman–Crippen LogP) is 3.53. The van der Waals surface area contributed by atoms with Crippen LogP contribution in [0.25, 0.3) is 0 Å². The Morgan fingerprint density at radius 3 is 2.64 bits per heavy atom. The zero-order valence-electron chi connectivity index (χ0n) is 9.85. The van der Waals surface area contributed by atoms with Crippen molar-refractivity contribution in [3.8, 4) is 0 Å². The van der Waals surface area contributed by atoms with Gasteiger partial charge in [-0.25, -0.2) is 0 Å². The lowest BCUT2D eigenvalue weighted by molar-refractivity contribution is 0.240. The second-order valence-corrected chi connectivity index (χ2v) is 6.23. The van der Waals surface area contributed by atoms with Crippen LogP contribution in [0.1, 0.15) is 40.0 Å². The lowest BCUT2D eigenvalue weighted by Gasteiger charge is -2.24. The largest absolute Gasteiger partial charge is 0.303 e. The highest BCUT2D eigenvalue weighted by Gasteiger charge is 2.23. The first-order chi connectivity index (χ1) is 6.53. The van der Waals surface area contributed by atoms with E-state index < -0.39 is 0 Å². The van der Waals surface area contributed by atoms with E-state index in [1.54, 1.807) is 0 Å². The summed E-state index contributed by atoms with van der Waals surface area (Å²) in [6.45, 7) is 11.0. The molecule has 2 heteroatoms. The number of hydrogen-bond donors (Lipinski definition) is 0. The maximum Gasteiger partial charge on any atom is 0.00692 e. The molecule has 0 N–H and O–H groups in total. The SMILES string of the molecule is CC(CBr)CN1CCCC(C)(C)CC1. The van der Waals surface area contributed by atoms with Crippen LogP contribution in [0.15, 0.2) is 0 Å². The van der Waals surface area contributed by atoms with E-state index >= 15 is 0 Å². The molecule has 1 saturated heterocycles. The lowest BCUT2D eigenvalue weighted by atomic mass is 9.85. The fraction of sp³-hybridized carbons (Fsp3) is 1.00. The van der Waals surface area contributed by atoms with Crippen molar-refractivity contribution in [3.05, 3.63) is 0 Å². The molecule has 0 amide bonds. The van der Waals surface area contributed by atoms with Gasteiger partial charge in [0.15, 0.2) is 0 Å². The monoisotopic (exact) mass is 261 g/mol. The van der Waals surface area contributed by atoms with Crippen LogP contribution in [0.3, 0.4) is 0 Å². The van der Waals surface area contributed by atoms with Crippen LogP contribution in [0, 0.1) is 11.3 Å². The van der Waals surface area contributed by atoms with E-state index in [0.717, 1.165) is 11.2 Å². The van der Waals surface area contributed by atoms with Crippen LogP contribution < -0.4 is 0 Å². The van der Waals surface area contributed by atoms with E-state index in [1.807, 2.05) is 0 Å². The minimum Gasteiger partial charge on any atom is -0.303 e. The van der Waals surface area contributed by atoms with Gasteiger partial charge in [-0.2, -0.15) is 0 Å². The van der Waals surface area contributed by atoms with Crippen LogP contribution in [0.4, 0.5) is 0 Å². The van der Waals surface area contributed by atoms with Crippen molar-refractivity contribution in [3.63, 3.8) is 0 Å². The van der Waals surface area contributed by atoms with Gasteiger partial charge in [0.2, 0.25) is 0 Å². The Hall–Kier alpha value is 0.440.